The molecular formula is C50H44O4P2. The van der Waals surface area contributed by atoms with Gasteiger partial charge < -0.3 is 18.9 Å². The zero-order valence-electron chi connectivity index (χ0n) is 31.4. The van der Waals surface area contributed by atoms with E-state index < -0.39 is 28.4 Å². The SMILES string of the molecule is C=C[C@@H]1CC(/C=C/C)C2CC3Oc4ccc(P(c5ccccc5)c5ccccc5)c(c4O3)-c3c(P(c4ccccc4)c4ccccc4)ccc4c3OC(C[C@@H]21)O4. The maximum Gasteiger partial charge on any atom is 0.241 e. The summed E-state index contributed by atoms with van der Waals surface area (Å²) in [4.78, 5) is 0. The number of rotatable bonds is 8. The maximum atomic E-state index is 7.23. The van der Waals surface area contributed by atoms with Gasteiger partial charge in [0.2, 0.25) is 12.6 Å². The fourth-order valence-electron chi connectivity index (χ4n) is 9.51. The van der Waals surface area contributed by atoms with Crippen molar-refractivity contribution in [2.24, 2.45) is 23.7 Å². The van der Waals surface area contributed by atoms with E-state index >= 15 is 0 Å². The van der Waals surface area contributed by atoms with Gasteiger partial charge in [-0.2, -0.15) is 0 Å². The lowest BCUT2D eigenvalue weighted by molar-refractivity contribution is -0.00847. The van der Waals surface area contributed by atoms with Crippen molar-refractivity contribution in [1.82, 2.24) is 0 Å². The first kappa shape index (κ1) is 35.3. The lowest BCUT2D eigenvalue weighted by atomic mass is 9.81. The van der Waals surface area contributed by atoms with Crippen LogP contribution in [0.2, 0.25) is 0 Å². The number of allylic oxidation sites excluding steroid dienone is 3. The third-order valence-electron chi connectivity index (χ3n) is 11.9. The fraction of sp³-hybridized carbons (Fsp3) is 0.200. The molecule has 56 heavy (non-hydrogen) atoms. The van der Waals surface area contributed by atoms with Gasteiger partial charge in [-0.05, 0) is 109 Å². The van der Waals surface area contributed by atoms with Crippen LogP contribution in [0.1, 0.15) is 26.2 Å². The first-order chi connectivity index (χ1) is 27.7. The van der Waals surface area contributed by atoms with Crippen molar-refractivity contribution in [3.05, 3.63) is 170 Å². The highest BCUT2D eigenvalue weighted by Crippen LogP contribution is 2.57. The number of hydrogen-bond acceptors (Lipinski definition) is 4. The Bertz CT molecular complexity index is 2300. The van der Waals surface area contributed by atoms with Crippen LogP contribution in [0.5, 0.6) is 23.0 Å². The Morgan fingerprint density at radius 2 is 0.875 bits per heavy atom. The lowest BCUT2D eigenvalue weighted by Gasteiger charge is -2.29. The Kier molecular flexibility index (Phi) is 9.50. The van der Waals surface area contributed by atoms with Crippen molar-refractivity contribution in [2.75, 3.05) is 0 Å². The minimum atomic E-state index is -1.04. The van der Waals surface area contributed by atoms with Crippen LogP contribution < -0.4 is 50.8 Å². The molecule has 0 aromatic heterocycles. The van der Waals surface area contributed by atoms with Crippen LogP contribution >= 0.6 is 15.8 Å². The van der Waals surface area contributed by atoms with Crippen LogP contribution in [0, 0.1) is 23.7 Å². The van der Waals surface area contributed by atoms with Gasteiger partial charge in [-0.1, -0.05) is 140 Å². The van der Waals surface area contributed by atoms with E-state index in [1.807, 2.05) is 0 Å². The third kappa shape index (κ3) is 6.25. The average molecular weight is 771 g/mol. The van der Waals surface area contributed by atoms with Crippen LogP contribution in [-0.4, -0.2) is 12.6 Å². The largest absolute Gasteiger partial charge is 0.451 e. The lowest BCUT2D eigenvalue weighted by Crippen LogP contribution is -2.32. The van der Waals surface area contributed by atoms with Crippen LogP contribution in [0.4, 0.5) is 0 Å². The maximum absolute atomic E-state index is 7.23. The van der Waals surface area contributed by atoms with Crippen LogP contribution in [0.3, 0.4) is 0 Å². The van der Waals surface area contributed by atoms with Gasteiger partial charge in [-0.15, -0.1) is 6.58 Å². The van der Waals surface area contributed by atoms with Crippen molar-refractivity contribution in [3.8, 4) is 34.1 Å². The first-order valence-electron chi connectivity index (χ1n) is 19.8. The third-order valence-corrected chi connectivity index (χ3v) is 16.8. The smallest absolute Gasteiger partial charge is 0.241 e. The quantitative estimate of drug-likeness (QED) is 0.114. The summed E-state index contributed by atoms with van der Waals surface area (Å²) in [5, 5.41) is 7.46. The highest BCUT2D eigenvalue weighted by molar-refractivity contribution is 7.80. The molecule has 3 aliphatic heterocycles. The predicted octanol–water partition coefficient (Wildman–Crippen LogP) is 9.49. The molecule has 6 aromatic carbocycles. The molecule has 10 rings (SSSR count). The summed E-state index contributed by atoms with van der Waals surface area (Å²) in [7, 11) is -2.08. The Morgan fingerprint density at radius 3 is 1.25 bits per heavy atom. The zero-order valence-corrected chi connectivity index (χ0v) is 33.2. The first-order valence-corrected chi connectivity index (χ1v) is 22.4. The molecule has 1 fully saturated rings. The van der Waals surface area contributed by atoms with Crippen molar-refractivity contribution >= 4 is 47.7 Å². The van der Waals surface area contributed by atoms with Crippen molar-refractivity contribution in [2.45, 2.75) is 38.8 Å². The van der Waals surface area contributed by atoms with Gasteiger partial charge in [-0.25, -0.2) is 0 Å². The van der Waals surface area contributed by atoms with Crippen LogP contribution in [-0.2, 0) is 0 Å². The molecule has 278 valence electrons. The van der Waals surface area contributed by atoms with E-state index in [9.17, 15) is 0 Å². The van der Waals surface area contributed by atoms with Gasteiger partial charge in [0, 0.05) is 24.0 Å². The molecule has 0 saturated heterocycles. The van der Waals surface area contributed by atoms with Gasteiger partial charge >= 0.3 is 0 Å². The molecule has 4 unspecified atom stereocenters. The highest BCUT2D eigenvalue weighted by Gasteiger charge is 2.48. The molecule has 3 heterocycles. The Balaban J connectivity index is 1.26. The Labute approximate surface area is 332 Å². The minimum absolute atomic E-state index is 0.302. The van der Waals surface area contributed by atoms with Crippen molar-refractivity contribution in [1.29, 1.82) is 0 Å². The van der Waals surface area contributed by atoms with E-state index in [0.29, 0.717) is 23.7 Å². The topological polar surface area (TPSA) is 36.9 Å². The van der Waals surface area contributed by atoms with E-state index in [4.69, 9.17) is 18.9 Å². The Hall–Kier alpha value is -5.14. The standard InChI is InChI=1S/C50H44O4P2/c1-3-17-34-30-33(4-2)39-31-45-51-41-26-28-43(55(35-18-9-5-10-19-35)36-20-11-6-12-21-36)47(49(41)53-45)48-44(29-27-42-50(48)54-46(52-42)32-40(34)39)56(37-22-13-7-14-23-37)38-24-15-8-16-25-38/h3-29,33-34,39-40,45-46H,2,30-32H2,1H3/b17-3+/t33-,34?,39-,40?,45?,46?/m1/s1. The summed E-state index contributed by atoms with van der Waals surface area (Å²) in [5.41, 5.74) is 2.08. The average Bonchev–Trinajstić information content (AvgIpc) is 3.95. The van der Waals surface area contributed by atoms with E-state index in [2.05, 4.69) is 177 Å². The molecule has 0 radical (unpaired) electrons. The summed E-state index contributed by atoms with van der Waals surface area (Å²) < 4.78 is 28.3. The van der Waals surface area contributed by atoms with Gasteiger partial charge in [-0.3, -0.25) is 0 Å². The number of hydrogen-bond donors (Lipinski definition) is 0. The summed E-state index contributed by atoms with van der Waals surface area (Å²) in [6.45, 7) is 6.43. The van der Waals surface area contributed by atoms with E-state index in [1.54, 1.807) is 0 Å². The fourth-order valence-corrected chi connectivity index (χ4v) is 14.4. The summed E-state index contributed by atoms with van der Waals surface area (Å²) >= 11 is 0. The van der Waals surface area contributed by atoms with Gasteiger partial charge in [0.1, 0.15) is 0 Å². The van der Waals surface area contributed by atoms with E-state index in [1.165, 1.54) is 31.8 Å². The second-order valence-electron chi connectivity index (χ2n) is 15.0. The van der Waals surface area contributed by atoms with Gasteiger partial charge in [0.25, 0.3) is 0 Å². The molecule has 4 bridgehead atoms. The second-order valence-corrected chi connectivity index (χ2v) is 19.4. The summed E-state index contributed by atoms with van der Waals surface area (Å²) in [6, 6.07) is 52.6. The van der Waals surface area contributed by atoms with Crippen LogP contribution in [0.15, 0.2) is 170 Å². The second kappa shape index (κ2) is 15.1. The predicted molar refractivity (Wildman–Crippen MR) is 232 cm³/mol. The molecule has 1 aliphatic carbocycles. The summed E-state index contributed by atoms with van der Waals surface area (Å²) in [6.07, 6.45) is 8.45. The number of ether oxygens (including phenoxy) is 4. The molecule has 6 heteroatoms. The molecule has 4 nitrogen and oxygen atoms in total. The molecule has 6 aromatic rings. The van der Waals surface area contributed by atoms with Gasteiger partial charge in [0.15, 0.2) is 23.0 Å². The molecule has 0 amide bonds. The molecule has 1 saturated carbocycles. The molecule has 0 N–H and O–H groups in total. The Morgan fingerprint density at radius 1 is 0.482 bits per heavy atom. The minimum Gasteiger partial charge on any atom is -0.451 e. The number of fused-ring (bicyclic) bond motifs is 4. The van der Waals surface area contributed by atoms with Crippen molar-refractivity contribution in [3.63, 3.8) is 0 Å². The van der Waals surface area contributed by atoms with Gasteiger partial charge in [0.05, 0.1) is 0 Å². The monoisotopic (exact) mass is 770 g/mol. The molecule has 6 atom stereocenters. The van der Waals surface area contributed by atoms with E-state index in [-0.39, 0.29) is 0 Å². The number of benzene rings is 6. The highest BCUT2D eigenvalue weighted by atomic mass is 31.1. The zero-order chi connectivity index (χ0) is 37.6. The summed E-state index contributed by atoms with van der Waals surface area (Å²) in [5.74, 6) is 4.49. The molecule has 0 spiro atoms. The van der Waals surface area contributed by atoms with Crippen LogP contribution in [0.25, 0.3) is 11.1 Å². The van der Waals surface area contributed by atoms with Crippen molar-refractivity contribution < 1.29 is 18.9 Å². The molecular weight excluding hydrogens is 726 g/mol. The molecule has 4 aliphatic rings. The normalized spacial score (nSPS) is 23.1. The van der Waals surface area contributed by atoms with E-state index in [0.717, 1.165) is 53.4 Å².